The minimum absolute atomic E-state index is 0.0470. The highest BCUT2D eigenvalue weighted by Crippen LogP contribution is 2.29. The molecule has 1 heterocycles. The SMILES string of the molecule is CCCCN(C(=O)c1cc2ccccc2cc1OC)c1c(N)n(Cc2ccccc2)c(=O)[nH]c1=O. The van der Waals surface area contributed by atoms with E-state index in [9.17, 15) is 14.4 Å². The average molecular weight is 473 g/mol. The fraction of sp³-hybridized carbons (Fsp3) is 0.222. The minimum atomic E-state index is -0.707. The number of anilines is 2. The van der Waals surface area contributed by atoms with Gasteiger partial charge in [-0.2, -0.15) is 0 Å². The maximum atomic E-state index is 13.9. The molecule has 3 aromatic carbocycles. The lowest BCUT2D eigenvalue weighted by atomic mass is 10.0. The second kappa shape index (κ2) is 10.3. The zero-order chi connectivity index (χ0) is 24.9. The van der Waals surface area contributed by atoms with Gasteiger partial charge in [0.1, 0.15) is 11.6 Å². The number of nitrogens with two attached hydrogens (primary N) is 1. The van der Waals surface area contributed by atoms with E-state index in [0.717, 1.165) is 22.8 Å². The molecule has 180 valence electrons. The molecule has 0 saturated heterocycles. The van der Waals surface area contributed by atoms with Crippen LogP contribution in [0.4, 0.5) is 11.5 Å². The van der Waals surface area contributed by atoms with Gasteiger partial charge in [0.2, 0.25) is 0 Å². The number of carbonyl (C=O) groups is 1. The summed E-state index contributed by atoms with van der Waals surface area (Å²) in [6.45, 7) is 2.40. The van der Waals surface area contributed by atoms with E-state index in [-0.39, 0.29) is 24.6 Å². The normalized spacial score (nSPS) is 10.9. The molecule has 3 N–H and O–H groups in total. The second-order valence-corrected chi connectivity index (χ2v) is 8.27. The highest BCUT2D eigenvalue weighted by molar-refractivity contribution is 6.11. The van der Waals surface area contributed by atoms with Crippen LogP contribution < -0.4 is 26.6 Å². The molecule has 0 atom stereocenters. The van der Waals surface area contributed by atoms with E-state index in [1.54, 1.807) is 12.1 Å². The van der Waals surface area contributed by atoms with Gasteiger partial charge in [0.15, 0.2) is 5.69 Å². The predicted molar refractivity (Wildman–Crippen MR) is 138 cm³/mol. The third-order valence-electron chi connectivity index (χ3n) is 5.95. The number of H-pyrrole nitrogens is 1. The maximum Gasteiger partial charge on any atom is 0.330 e. The van der Waals surface area contributed by atoms with Crippen molar-refractivity contribution in [3.05, 3.63) is 98.7 Å². The molecule has 1 aromatic heterocycles. The van der Waals surface area contributed by atoms with Gasteiger partial charge in [-0.25, -0.2) is 4.79 Å². The number of hydrogen-bond acceptors (Lipinski definition) is 5. The zero-order valence-electron chi connectivity index (χ0n) is 19.8. The molecule has 0 bridgehead atoms. The number of fused-ring (bicyclic) bond motifs is 1. The molecule has 8 nitrogen and oxygen atoms in total. The van der Waals surface area contributed by atoms with Crippen molar-refractivity contribution in [2.45, 2.75) is 26.3 Å². The smallest absolute Gasteiger partial charge is 0.330 e. The van der Waals surface area contributed by atoms with Crippen molar-refractivity contribution < 1.29 is 9.53 Å². The van der Waals surface area contributed by atoms with Crippen LogP contribution in [0.1, 0.15) is 35.7 Å². The first-order chi connectivity index (χ1) is 16.9. The van der Waals surface area contributed by atoms with Crippen LogP contribution in [0.25, 0.3) is 10.8 Å². The van der Waals surface area contributed by atoms with E-state index < -0.39 is 17.2 Å². The molecule has 4 aromatic rings. The molecule has 4 rings (SSSR count). The van der Waals surface area contributed by atoms with Gasteiger partial charge in [-0.15, -0.1) is 0 Å². The Kier molecular flexibility index (Phi) is 7.01. The van der Waals surface area contributed by atoms with Crippen LogP contribution in [0.2, 0.25) is 0 Å². The monoisotopic (exact) mass is 472 g/mol. The van der Waals surface area contributed by atoms with E-state index in [4.69, 9.17) is 10.5 Å². The van der Waals surface area contributed by atoms with E-state index in [1.807, 2.05) is 61.5 Å². The first-order valence-electron chi connectivity index (χ1n) is 11.5. The van der Waals surface area contributed by atoms with Crippen molar-refractivity contribution in [1.82, 2.24) is 9.55 Å². The van der Waals surface area contributed by atoms with Crippen LogP contribution in [-0.4, -0.2) is 29.1 Å². The standard InChI is InChI=1S/C27H28N4O4/c1-3-4-14-30(26(33)21-15-19-12-8-9-13-20(19)16-22(21)35-2)23-24(28)31(27(34)29-25(23)32)17-18-10-6-5-7-11-18/h5-13,15-16H,3-4,14,17,28H2,1-2H3,(H,29,32,34). The number of aromatic nitrogens is 2. The quantitative estimate of drug-likeness (QED) is 0.406. The molecule has 8 heteroatoms. The molecule has 35 heavy (non-hydrogen) atoms. The van der Waals surface area contributed by atoms with Gasteiger partial charge in [-0.3, -0.25) is 19.1 Å². The molecular weight excluding hydrogens is 444 g/mol. The number of nitrogens with one attached hydrogen (secondary N) is 1. The topological polar surface area (TPSA) is 110 Å². The highest BCUT2D eigenvalue weighted by Gasteiger charge is 2.27. The molecule has 0 saturated carbocycles. The van der Waals surface area contributed by atoms with Gasteiger partial charge in [-0.05, 0) is 34.9 Å². The number of hydrogen-bond donors (Lipinski definition) is 2. The van der Waals surface area contributed by atoms with Crippen molar-refractivity contribution >= 4 is 28.2 Å². The Labute approximate surface area is 202 Å². The van der Waals surface area contributed by atoms with Crippen LogP contribution in [-0.2, 0) is 6.54 Å². The number of methoxy groups -OCH3 is 1. The first kappa shape index (κ1) is 23.8. The van der Waals surface area contributed by atoms with E-state index in [1.165, 1.54) is 16.6 Å². The number of carbonyl (C=O) groups excluding carboxylic acids is 1. The number of benzene rings is 3. The molecule has 0 fully saturated rings. The van der Waals surface area contributed by atoms with Crippen LogP contribution in [0, 0.1) is 0 Å². The molecule has 0 aliphatic carbocycles. The predicted octanol–water partition coefficient (Wildman–Crippen LogP) is 3.78. The summed E-state index contributed by atoms with van der Waals surface area (Å²) in [6.07, 6.45) is 1.43. The Balaban J connectivity index is 1.85. The largest absolute Gasteiger partial charge is 0.496 e. The number of aromatic amines is 1. The Morgan fingerprint density at radius 3 is 2.34 bits per heavy atom. The van der Waals surface area contributed by atoms with Crippen molar-refractivity contribution in [3.63, 3.8) is 0 Å². The molecule has 0 aliphatic heterocycles. The van der Waals surface area contributed by atoms with Crippen molar-refractivity contribution in [2.24, 2.45) is 0 Å². The number of nitrogens with zero attached hydrogens (tertiary/aromatic N) is 2. The fourth-order valence-corrected chi connectivity index (χ4v) is 4.09. The van der Waals surface area contributed by atoms with Gasteiger partial charge in [0, 0.05) is 6.54 Å². The summed E-state index contributed by atoms with van der Waals surface area (Å²) in [6, 6.07) is 20.5. The van der Waals surface area contributed by atoms with E-state index >= 15 is 0 Å². The van der Waals surface area contributed by atoms with Gasteiger partial charge in [0.05, 0.1) is 19.2 Å². The lowest BCUT2D eigenvalue weighted by Crippen LogP contribution is -2.41. The third-order valence-corrected chi connectivity index (χ3v) is 5.95. The molecule has 1 amide bonds. The number of nitrogen functional groups attached to an aromatic ring is 1. The second-order valence-electron chi connectivity index (χ2n) is 8.27. The summed E-state index contributed by atoms with van der Waals surface area (Å²) in [7, 11) is 1.50. The van der Waals surface area contributed by atoms with Gasteiger partial charge in [-0.1, -0.05) is 67.9 Å². The third kappa shape index (κ3) is 4.82. The Bertz CT molecular complexity index is 1470. The van der Waals surface area contributed by atoms with Crippen molar-refractivity contribution in [3.8, 4) is 5.75 Å². The van der Waals surface area contributed by atoms with Crippen molar-refractivity contribution in [1.29, 1.82) is 0 Å². The summed E-state index contributed by atoms with van der Waals surface area (Å²) < 4.78 is 6.80. The number of amides is 1. The van der Waals surface area contributed by atoms with Gasteiger partial charge in [0.25, 0.3) is 11.5 Å². The molecule has 0 unspecified atom stereocenters. The maximum absolute atomic E-state index is 13.9. The molecular formula is C27H28N4O4. The molecule has 0 radical (unpaired) electrons. The van der Waals surface area contributed by atoms with E-state index in [2.05, 4.69) is 4.98 Å². The van der Waals surface area contributed by atoms with Crippen molar-refractivity contribution in [2.75, 3.05) is 24.3 Å². The van der Waals surface area contributed by atoms with Crippen LogP contribution in [0.3, 0.4) is 0 Å². The van der Waals surface area contributed by atoms with Gasteiger partial charge < -0.3 is 15.4 Å². The minimum Gasteiger partial charge on any atom is -0.496 e. The van der Waals surface area contributed by atoms with Crippen LogP contribution >= 0.6 is 0 Å². The summed E-state index contributed by atoms with van der Waals surface area (Å²) in [5.41, 5.74) is 6.16. The molecule has 0 aliphatic rings. The van der Waals surface area contributed by atoms with Gasteiger partial charge >= 0.3 is 5.69 Å². The van der Waals surface area contributed by atoms with Crippen LogP contribution in [0.15, 0.2) is 76.3 Å². The van der Waals surface area contributed by atoms with Crippen LogP contribution in [0.5, 0.6) is 5.75 Å². The summed E-state index contributed by atoms with van der Waals surface area (Å²) >= 11 is 0. The average Bonchev–Trinajstić information content (AvgIpc) is 2.87. The zero-order valence-corrected chi connectivity index (χ0v) is 19.8. The number of ether oxygens (including phenoxy) is 1. The first-order valence-corrected chi connectivity index (χ1v) is 11.5. The van der Waals surface area contributed by atoms with E-state index in [0.29, 0.717) is 17.7 Å². The fourth-order valence-electron chi connectivity index (χ4n) is 4.09. The molecule has 0 spiro atoms. The number of rotatable bonds is 8. The Morgan fingerprint density at radius 1 is 1.03 bits per heavy atom. The lowest BCUT2D eigenvalue weighted by Gasteiger charge is -2.25. The lowest BCUT2D eigenvalue weighted by molar-refractivity contribution is 0.0983. The highest BCUT2D eigenvalue weighted by atomic mass is 16.5. The summed E-state index contributed by atoms with van der Waals surface area (Å²) in [4.78, 5) is 43.2. The number of unbranched alkanes of at least 4 members (excludes halogenated alkanes) is 1. The Morgan fingerprint density at radius 2 is 1.69 bits per heavy atom. The summed E-state index contributed by atoms with van der Waals surface area (Å²) in [5, 5.41) is 1.79. The summed E-state index contributed by atoms with van der Waals surface area (Å²) in [5.74, 6) is -0.0993. The Hall–Kier alpha value is -4.33.